The first-order valence-electron chi connectivity index (χ1n) is 6.89. The van der Waals surface area contributed by atoms with E-state index in [2.05, 4.69) is 25.8 Å². The zero-order valence-electron chi connectivity index (χ0n) is 11.3. The van der Waals surface area contributed by atoms with Crippen LogP contribution in [0.3, 0.4) is 0 Å². The molecule has 21 heavy (non-hydrogen) atoms. The van der Waals surface area contributed by atoms with Crippen LogP contribution in [0.2, 0.25) is 5.02 Å². The van der Waals surface area contributed by atoms with E-state index in [4.69, 9.17) is 11.6 Å². The van der Waals surface area contributed by atoms with Gasteiger partial charge in [0.1, 0.15) is 5.82 Å². The highest BCUT2D eigenvalue weighted by Gasteiger charge is 2.15. The molecule has 7 heteroatoms. The van der Waals surface area contributed by atoms with Gasteiger partial charge in [-0.1, -0.05) is 24.4 Å². The van der Waals surface area contributed by atoms with Crippen molar-refractivity contribution in [2.75, 3.05) is 10.6 Å². The molecule has 0 spiro atoms. The molecular weight excluding hydrogens is 293 g/mol. The molecule has 5 nitrogen and oxygen atoms in total. The summed E-state index contributed by atoms with van der Waals surface area (Å²) in [6.45, 7) is 0. The summed E-state index contributed by atoms with van der Waals surface area (Å²) in [7, 11) is 0. The van der Waals surface area contributed by atoms with Crippen LogP contribution in [0.25, 0.3) is 0 Å². The molecule has 3 rings (SSSR count). The van der Waals surface area contributed by atoms with Gasteiger partial charge in [0.05, 0.1) is 11.2 Å². The van der Waals surface area contributed by atoms with Gasteiger partial charge in [0.15, 0.2) is 5.82 Å². The molecule has 0 amide bonds. The Morgan fingerprint density at radius 1 is 1.24 bits per heavy atom. The fourth-order valence-corrected chi connectivity index (χ4v) is 2.58. The zero-order chi connectivity index (χ0) is 14.7. The van der Waals surface area contributed by atoms with Gasteiger partial charge in [-0.3, -0.25) is 0 Å². The van der Waals surface area contributed by atoms with Crippen molar-refractivity contribution in [1.29, 1.82) is 0 Å². The first-order valence-corrected chi connectivity index (χ1v) is 7.27. The van der Waals surface area contributed by atoms with E-state index in [1.54, 1.807) is 6.07 Å². The number of halogens is 2. The second-order valence-corrected chi connectivity index (χ2v) is 5.45. The van der Waals surface area contributed by atoms with E-state index in [-0.39, 0.29) is 5.02 Å². The van der Waals surface area contributed by atoms with E-state index in [1.165, 1.54) is 31.2 Å². The molecule has 1 heterocycles. The van der Waals surface area contributed by atoms with Gasteiger partial charge in [-0.2, -0.15) is 10.1 Å². The van der Waals surface area contributed by atoms with Crippen molar-refractivity contribution in [1.82, 2.24) is 15.2 Å². The maximum Gasteiger partial charge on any atom is 0.244 e. The lowest BCUT2D eigenvalue weighted by molar-refractivity contribution is 0.628. The first kappa shape index (κ1) is 14.0. The van der Waals surface area contributed by atoms with Gasteiger partial charge in [-0.25, -0.2) is 4.39 Å². The molecule has 1 aliphatic carbocycles. The SMILES string of the molecule is Fc1ccc(Nc2cnnc(NC3CCCC3)n2)cc1Cl. The summed E-state index contributed by atoms with van der Waals surface area (Å²) in [5.41, 5.74) is 0.647. The highest BCUT2D eigenvalue weighted by atomic mass is 35.5. The molecular formula is C14H15ClFN5. The van der Waals surface area contributed by atoms with Crippen LogP contribution in [-0.2, 0) is 0 Å². The molecule has 0 radical (unpaired) electrons. The molecule has 0 aliphatic heterocycles. The summed E-state index contributed by atoms with van der Waals surface area (Å²) in [4.78, 5) is 4.35. The molecule has 2 aromatic rings. The monoisotopic (exact) mass is 307 g/mol. The smallest absolute Gasteiger partial charge is 0.244 e. The predicted molar refractivity (Wildman–Crippen MR) is 80.4 cm³/mol. The number of benzene rings is 1. The molecule has 1 fully saturated rings. The summed E-state index contributed by atoms with van der Waals surface area (Å²) >= 11 is 5.75. The molecule has 0 saturated heterocycles. The summed E-state index contributed by atoms with van der Waals surface area (Å²) in [6, 6.07) is 4.82. The highest BCUT2D eigenvalue weighted by Crippen LogP contribution is 2.23. The van der Waals surface area contributed by atoms with Gasteiger partial charge in [-0.15, -0.1) is 5.10 Å². The zero-order valence-corrected chi connectivity index (χ0v) is 12.1. The fourth-order valence-electron chi connectivity index (χ4n) is 2.40. The van der Waals surface area contributed by atoms with E-state index in [9.17, 15) is 4.39 Å². The Labute approximate surface area is 127 Å². The van der Waals surface area contributed by atoms with Crippen LogP contribution >= 0.6 is 11.6 Å². The van der Waals surface area contributed by atoms with Gasteiger partial charge in [0.25, 0.3) is 0 Å². The van der Waals surface area contributed by atoms with Gasteiger partial charge >= 0.3 is 0 Å². The Kier molecular flexibility index (Phi) is 4.15. The van der Waals surface area contributed by atoms with Gasteiger partial charge in [0.2, 0.25) is 5.95 Å². The van der Waals surface area contributed by atoms with Gasteiger partial charge < -0.3 is 10.6 Å². The number of rotatable bonds is 4. The van der Waals surface area contributed by atoms with Crippen LogP contribution in [0, 0.1) is 5.82 Å². The van der Waals surface area contributed by atoms with Crippen LogP contribution in [0.5, 0.6) is 0 Å². The van der Waals surface area contributed by atoms with Gasteiger partial charge in [0, 0.05) is 11.7 Å². The summed E-state index contributed by atoms with van der Waals surface area (Å²) < 4.78 is 13.1. The maximum atomic E-state index is 13.1. The lowest BCUT2D eigenvalue weighted by atomic mass is 10.3. The van der Waals surface area contributed by atoms with Gasteiger partial charge in [-0.05, 0) is 31.0 Å². The Hall–Kier alpha value is -1.95. The normalized spacial score (nSPS) is 15.1. The Morgan fingerprint density at radius 2 is 2.05 bits per heavy atom. The molecule has 0 bridgehead atoms. The molecule has 2 N–H and O–H groups in total. The molecule has 0 unspecified atom stereocenters. The number of hydrogen-bond donors (Lipinski definition) is 2. The van der Waals surface area contributed by atoms with Crippen molar-refractivity contribution in [3.63, 3.8) is 0 Å². The average Bonchev–Trinajstić information content (AvgIpc) is 2.96. The number of nitrogens with one attached hydrogen (secondary N) is 2. The quantitative estimate of drug-likeness (QED) is 0.900. The maximum absolute atomic E-state index is 13.1. The second-order valence-electron chi connectivity index (χ2n) is 5.04. The topological polar surface area (TPSA) is 62.7 Å². The van der Waals surface area contributed by atoms with Crippen molar-refractivity contribution < 1.29 is 4.39 Å². The standard InChI is InChI=1S/C14H15ClFN5/c15-11-7-10(5-6-12(11)16)18-13-8-17-21-14(20-13)19-9-3-1-2-4-9/h5-9H,1-4H2,(H2,18,19,20,21). The Balaban J connectivity index is 1.71. The second kappa shape index (κ2) is 6.22. The van der Waals surface area contributed by atoms with Crippen molar-refractivity contribution in [3.8, 4) is 0 Å². The predicted octanol–water partition coefficient (Wildman–Crippen LogP) is 3.76. The van der Waals surface area contributed by atoms with E-state index < -0.39 is 5.82 Å². The molecule has 1 aromatic carbocycles. The van der Waals surface area contributed by atoms with Crippen LogP contribution in [0.1, 0.15) is 25.7 Å². The Bertz CT molecular complexity index is 631. The number of aromatic nitrogens is 3. The molecule has 0 atom stereocenters. The summed E-state index contributed by atoms with van der Waals surface area (Å²) in [5, 5.41) is 14.3. The molecule has 1 aliphatic rings. The van der Waals surface area contributed by atoms with Crippen molar-refractivity contribution in [2.45, 2.75) is 31.7 Å². The van der Waals surface area contributed by atoms with E-state index in [1.807, 2.05) is 0 Å². The van der Waals surface area contributed by atoms with Crippen molar-refractivity contribution in [2.24, 2.45) is 0 Å². The average molecular weight is 308 g/mol. The van der Waals surface area contributed by atoms with Crippen LogP contribution in [0.4, 0.5) is 21.8 Å². The third-order valence-electron chi connectivity index (χ3n) is 3.44. The van der Waals surface area contributed by atoms with Crippen molar-refractivity contribution >= 4 is 29.1 Å². The number of anilines is 3. The summed E-state index contributed by atoms with van der Waals surface area (Å²) in [5.74, 6) is 0.583. The van der Waals surface area contributed by atoms with E-state index in [0.29, 0.717) is 23.5 Å². The lowest BCUT2D eigenvalue weighted by Crippen LogP contribution is -2.17. The lowest BCUT2D eigenvalue weighted by Gasteiger charge is -2.12. The third kappa shape index (κ3) is 3.58. The van der Waals surface area contributed by atoms with E-state index >= 15 is 0 Å². The molecule has 110 valence electrons. The fraction of sp³-hybridized carbons (Fsp3) is 0.357. The van der Waals surface area contributed by atoms with Crippen molar-refractivity contribution in [3.05, 3.63) is 35.2 Å². The number of nitrogens with zero attached hydrogens (tertiary/aromatic N) is 3. The van der Waals surface area contributed by atoms with Crippen LogP contribution in [0.15, 0.2) is 24.4 Å². The minimum Gasteiger partial charge on any atom is -0.350 e. The van der Waals surface area contributed by atoms with Crippen LogP contribution < -0.4 is 10.6 Å². The third-order valence-corrected chi connectivity index (χ3v) is 3.73. The molecule has 1 aromatic heterocycles. The minimum atomic E-state index is -0.452. The minimum absolute atomic E-state index is 0.0614. The Morgan fingerprint density at radius 3 is 2.81 bits per heavy atom. The highest BCUT2D eigenvalue weighted by molar-refractivity contribution is 6.31. The first-order chi connectivity index (χ1) is 10.2. The molecule has 1 saturated carbocycles. The van der Waals surface area contributed by atoms with E-state index in [0.717, 1.165) is 12.8 Å². The summed E-state index contributed by atoms with van der Waals surface area (Å²) in [6.07, 6.45) is 6.24. The largest absolute Gasteiger partial charge is 0.350 e. The van der Waals surface area contributed by atoms with Crippen LogP contribution in [-0.4, -0.2) is 21.2 Å². The number of hydrogen-bond acceptors (Lipinski definition) is 5.